The third-order valence-corrected chi connectivity index (χ3v) is 3.77. The maximum atomic E-state index is 12.4. The number of rotatable bonds is 6. The summed E-state index contributed by atoms with van der Waals surface area (Å²) in [7, 11) is 3.11. The van der Waals surface area contributed by atoms with Crippen molar-refractivity contribution in [3.05, 3.63) is 35.4 Å². The average molecular weight is 289 g/mol. The summed E-state index contributed by atoms with van der Waals surface area (Å²) in [4.78, 5) is 12.4. The van der Waals surface area contributed by atoms with E-state index in [2.05, 4.69) is 11.4 Å². The van der Waals surface area contributed by atoms with Crippen molar-refractivity contribution in [3.63, 3.8) is 0 Å². The molecule has 0 saturated carbocycles. The fourth-order valence-corrected chi connectivity index (χ4v) is 2.63. The summed E-state index contributed by atoms with van der Waals surface area (Å²) in [6, 6.07) is 5.34. The van der Waals surface area contributed by atoms with Crippen molar-refractivity contribution in [1.82, 2.24) is 5.32 Å². The van der Waals surface area contributed by atoms with E-state index in [-0.39, 0.29) is 5.91 Å². The SMILES string of the molecule is COc1cccc(OC)c1C(=O)NCCC1=CCCCC1. The Labute approximate surface area is 126 Å². The van der Waals surface area contributed by atoms with Crippen LogP contribution in [0.1, 0.15) is 42.5 Å². The zero-order valence-electron chi connectivity index (χ0n) is 12.8. The first-order valence-electron chi connectivity index (χ1n) is 7.43. The van der Waals surface area contributed by atoms with Crippen LogP contribution in [0.5, 0.6) is 11.5 Å². The van der Waals surface area contributed by atoms with Gasteiger partial charge in [-0.25, -0.2) is 0 Å². The highest BCUT2D eigenvalue weighted by Gasteiger charge is 2.17. The first-order valence-corrected chi connectivity index (χ1v) is 7.43. The number of ether oxygens (including phenoxy) is 2. The molecule has 0 fully saturated rings. The minimum Gasteiger partial charge on any atom is -0.496 e. The number of hydrogen-bond acceptors (Lipinski definition) is 3. The summed E-state index contributed by atoms with van der Waals surface area (Å²) in [6.07, 6.45) is 8.11. The number of benzene rings is 1. The van der Waals surface area contributed by atoms with E-state index >= 15 is 0 Å². The molecule has 0 spiro atoms. The van der Waals surface area contributed by atoms with Gasteiger partial charge in [0.1, 0.15) is 17.1 Å². The highest BCUT2D eigenvalue weighted by atomic mass is 16.5. The number of carbonyl (C=O) groups excluding carboxylic acids is 1. The van der Waals surface area contributed by atoms with Gasteiger partial charge in [0.2, 0.25) is 0 Å². The molecule has 1 aliphatic carbocycles. The number of nitrogens with one attached hydrogen (secondary N) is 1. The lowest BCUT2D eigenvalue weighted by atomic mass is 9.97. The minimum absolute atomic E-state index is 0.152. The van der Waals surface area contributed by atoms with Crippen LogP contribution in [0.15, 0.2) is 29.8 Å². The van der Waals surface area contributed by atoms with Gasteiger partial charge in [-0.05, 0) is 44.2 Å². The second-order valence-corrected chi connectivity index (χ2v) is 5.15. The molecule has 0 aromatic heterocycles. The van der Waals surface area contributed by atoms with Crippen molar-refractivity contribution < 1.29 is 14.3 Å². The Morgan fingerprint density at radius 2 is 1.90 bits per heavy atom. The van der Waals surface area contributed by atoms with Gasteiger partial charge in [-0.1, -0.05) is 17.7 Å². The van der Waals surface area contributed by atoms with Gasteiger partial charge >= 0.3 is 0 Å². The maximum absolute atomic E-state index is 12.4. The predicted octanol–water partition coefficient (Wildman–Crippen LogP) is 3.32. The summed E-state index contributed by atoms with van der Waals surface area (Å²) in [6.45, 7) is 0.645. The quantitative estimate of drug-likeness (QED) is 0.817. The number of methoxy groups -OCH3 is 2. The Bertz CT molecular complexity index is 501. The van der Waals surface area contributed by atoms with Gasteiger partial charge in [0, 0.05) is 6.54 Å². The molecule has 0 unspecified atom stereocenters. The molecule has 4 heteroatoms. The summed E-state index contributed by atoms with van der Waals surface area (Å²) in [5, 5.41) is 2.96. The normalized spacial score (nSPS) is 14.3. The van der Waals surface area contributed by atoms with Gasteiger partial charge in [0.05, 0.1) is 14.2 Å². The van der Waals surface area contributed by atoms with Crippen LogP contribution in [0.25, 0.3) is 0 Å². The molecule has 0 aliphatic heterocycles. The lowest BCUT2D eigenvalue weighted by molar-refractivity contribution is 0.0948. The van der Waals surface area contributed by atoms with E-state index < -0.39 is 0 Å². The molecule has 1 amide bonds. The van der Waals surface area contributed by atoms with Gasteiger partial charge in [0.15, 0.2) is 0 Å². The molecule has 114 valence electrons. The monoisotopic (exact) mass is 289 g/mol. The Balaban J connectivity index is 1.98. The number of hydrogen-bond donors (Lipinski definition) is 1. The van der Waals surface area contributed by atoms with Gasteiger partial charge in [-0.2, -0.15) is 0 Å². The zero-order valence-corrected chi connectivity index (χ0v) is 12.8. The van der Waals surface area contributed by atoms with Crippen LogP contribution in [0.4, 0.5) is 0 Å². The molecule has 0 bridgehead atoms. The third-order valence-electron chi connectivity index (χ3n) is 3.77. The van der Waals surface area contributed by atoms with Gasteiger partial charge < -0.3 is 14.8 Å². The van der Waals surface area contributed by atoms with Crippen LogP contribution < -0.4 is 14.8 Å². The minimum atomic E-state index is -0.152. The molecular weight excluding hydrogens is 266 g/mol. The molecule has 0 saturated heterocycles. The van der Waals surface area contributed by atoms with Crippen molar-refractivity contribution in [1.29, 1.82) is 0 Å². The lowest BCUT2D eigenvalue weighted by Crippen LogP contribution is -2.26. The second-order valence-electron chi connectivity index (χ2n) is 5.15. The van der Waals surface area contributed by atoms with Gasteiger partial charge in [-0.3, -0.25) is 4.79 Å². The van der Waals surface area contributed by atoms with E-state index in [1.807, 2.05) is 0 Å². The first-order chi connectivity index (χ1) is 10.3. The fourth-order valence-electron chi connectivity index (χ4n) is 2.63. The van der Waals surface area contributed by atoms with Gasteiger partial charge in [-0.15, -0.1) is 0 Å². The highest BCUT2D eigenvalue weighted by molar-refractivity contribution is 5.99. The maximum Gasteiger partial charge on any atom is 0.258 e. The van der Waals surface area contributed by atoms with Crippen LogP contribution in [0.3, 0.4) is 0 Å². The molecule has 2 rings (SSSR count). The van der Waals surface area contributed by atoms with Crippen LogP contribution in [0, 0.1) is 0 Å². The molecule has 1 aromatic carbocycles. The molecule has 0 radical (unpaired) electrons. The summed E-state index contributed by atoms with van der Waals surface area (Å²) < 4.78 is 10.5. The Hall–Kier alpha value is -1.97. The van der Waals surface area contributed by atoms with Crippen molar-refractivity contribution >= 4 is 5.91 Å². The Kier molecular flexibility index (Phi) is 5.67. The van der Waals surface area contributed by atoms with Crippen LogP contribution in [-0.4, -0.2) is 26.7 Å². The van der Waals surface area contributed by atoms with Crippen molar-refractivity contribution in [2.24, 2.45) is 0 Å². The van der Waals surface area contributed by atoms with Crippen LogP contribution in [0.2, 0.25) is 0 Å². The van der Waals surface area contributed by atoms with Gasteiger partial charge in [0.25, 0.3) is 5.91 Å². The van der Waals surface area contributed by atoms with E-state index in [4.69, 9.17) is 9.47 Å². The van der Waals surface area contributed by atoms with E-state index in [1.165, 1.54) is 24.8 Å². The highest BCUT2D eigenvalue weighted by Crippen LogP contribution is 2.28. The van der Waals surface area contributed by atoms with E-state index in [1.54, 1.807) is 32.4 Å². The number of allylic oxidation sites excluding steroid dienone is 1. The third kappa shape index (κ3) is 4.00. The molecule has 0 atom stereocenters. The topological polar surface area (TPSA) is 47.6 Å². The van der Waals surface area contributed by atoms with Crippen molar-refractivity contribution in [3.8, 4) is 11.5 Å². The van der Waals surface area contributed by atoms with Crippen LogP contribution >= 0.6 is 0 Å². The summed E-state index contributed by atoms with van der Waals surface area (Å²) in [5.74, 6) is 0.910. The zero-order chi connectivity index (χ0) is 15.1. The smallest absolute Gasteiger partial charge is 0.258 e. The van der Waals surface area contributed by atoms with Crippen molar-refractivity contribution in [2.75, 3.05) is 20.8 Å². The Morgan fingerprint density at radius 1 is 1.19 bits per heavy atom. The molecule has 1 aliphatic rings. The summed E-state index contributed by atoms with van der Waals surface area (Å²) >= 11 is 0. The predicted molar refractivity (Wildman–Crippen MR) is 83.0 cm³/mol. The average Bonchev–Trinajstić information content (AvgIpc) is 2.54. The van der Waals surface area contributed by atoms with Crippen molar-refractivity contribution in [2.45, 2.75) is 32.1 Å². The second kappa shape index (κ2) is 7.72. The molecule has 4 nitrogen and oxygen atoms in total. The molecule has 21 heavy (non-hydrogen) atoms. The van der Waals surface area contributed by atoms with E-state index in [0.29, 0.717) is 23.6 Å². The largest absolute Gasteiger partial charge is 0.496 e. The first kappa shape index (κ1) is 15.4. The lowest BCUT2D eigenvalue weighted by Gasteiger charge is -2.15. The van der Waals surface area contributed by atoms with E-state index in [9.17, 15) is 4.79 Å². The number of carbonyl (C=O) groups is 1. The Morgan fingerprint density at radius 3 is 2.48 bits per heavy atom. The molecule has 0 heterocycles. The molecule has 1 N–H and O–H groups in total. The van der Waals surface area contributed by atoms with Crippen LogP contribution in [-0.2, 0) is 0 Å². The summed E-state index contributed by atoms with van der Waals surface area (Å²) in [5.41, 5.74) is 1.91. The number of amides is 1. The fraction of sp³-hybridized carbons (Fsp3) is 0.471. The molecular formula is C17H23NO3. The molecule has 1 aromatic rings. The van der Waals surface area contributed by atoms with E-state index in [0.717, 1.165) is 12.8 Å². The standard InChI is InChI=1S/C17H23NO3/c1-20-14-9-6-10-15(21-2)16(14)17(19)18-12-11-13-7-4-3-5-8-13/h6-7,9-10H,3-5,8,11-12H2,1-2H3,(H,18,19).